The van der Waals surface area contributed by atoms with Gasteiger partial charge in [0.25, 0.3) is 0 Å². The molecule has 1 heterocycles. The first-order chi connectivity index (χ1) is 8.07. The van der Waals surface area contributed by atoms with Gasteiger partial charge in [0.05, 0.1) is 11.3 Å². The number of rotatable bonds is 3. The van der Waals surface area contributed by atoms with Crippen LogP contribution in [0.2, 0.25) is 0 Å². The Morgan fingerprint density at radius 1 is 1.53 bits per heavy atom. The van der Waals surface area contributed by atoms with E-state index >= 15 is 0 Å². The zero-order chi connectivity index (χ0) is 12.5. The lowest BCUT2D eigenvalue weighted by molar-refractivity contribution is -0.131. The molecule has 1 atom stereocenters. The molecular weight excluding hydrogens is 216 g/mol. The molecule has 1 aliphatic rings. The fraction of sp³-hybridized carbons (Fsp3) is 0.769. The third kappa shape index (κ3) is 2.38. The molecule has 4 nitrogen and oxygen atoms in total. The second kappa shape index (κ2) is 4.78. The van der Waals surface area contributed by atoms with Gasteiger partial charge in [0.2, 0.25) is 0 Å². The third-order valence-corrected chi connectivity index (χ3v) is 4.04. The van der Waals surface area contributed by atoms with Gasteiger partial charge in [-0.05, 0) is 37.7 Å². The summed E-state index contributed by atoms with van der Waals surface area (Å²) in [4.78, 5) is 0. The van der Waals surface area contributed by atoms with E-state index in [9.17, 15) is 5.11 Å². The number of hydrogen-bond acceptors (Lipinski definition) is 3. The van der Waals surface area contributed by atoms with Crippen molar-refractivity contribution in [2.24, 2.45) is 13.0 Å². The summed E-state index contributed by atoms with van der Waals surface area (Å²) >= 11 is 0. The van der Waals surface area contributed by atoms with Crippen LogP contribution in [0.25, 0.3) is 0 Å². The van der Waals surface area contributed by atoms with E-state index < -0.39 is 11.7 Å². The van der Waals surface area contributed by atoms with Gasteiger partial charge >= 0.3 is 0 Å². The van der Waals surface area contributed by atoms with Crippen molar-refractivity contribution in [2.75, 3.05) is 7.11 Å². The number of aryl methyl sites for hydroxylation is 1. The van der Waals surface area contributed by atoms with Crippen molar-refractivity contribution in [1.82, 2.24) is 9.78 Å². The van der Waals surface area contributed by atoms with Crippen molar-refractivity contribution >= 4 is 0 Å². The summed E-state index contributed by atoms with van der Waals surface area (Å²) in [6.07, 6.45) is 5.26. The first-order valence-electron chi connectivity index (χ1n) is 6.30. The summed E-state index contributed by atoms with van der Waals surface area (Å²) in [5.41, 5.74) is 0.268. The predicted octanol–water partition coefficient (Wildman–Crippen LogP) is 2.05. The van der Waals surface area contributed by atoms with Crippen molar-refractivity contribution in [3.8, 4) is 0 Å². The maximum absolute atomic E-state index is 10.5. The summed E-state index contributed by atoms with van der Waals surface area (Å²) in [6, 6.07) is 1.86. The third-order valence-electron chi connectivity index (χ3n) is 4.04. The molecule has 1 unspecified atom stereocenters. The van der Waals surface area contributed by atoms with Crippen LogP contribution in [0.5, 0.6) is 0 Å². The Bertz CT molecular complexity index is 367. The quantitative estimate of drug-likeness (QED) is 0.876. The van der Waals surface area contributed by atoms with Crippen LogP contribution in [0.1, 0.15) is 44.4 Å². The molecule has 96 valence electrons. The van der Waals surface area contributed by atoms with Gasteiger partial charge in [-0.25, -0.2) is 0 Å². The standard InChI is InChI=1S/C13H22N2O2/c1-10-4-7-13(17-3,8-5-10)12(16)11-6-9-15(2)14-11/h6,9-10,12,16H,4-5,7-8H2,1-3H3. The summed E-state index contributed by atoms with van der Waals surface area (Å²) in [7, 11) is 3.56. The predicted molar refractivity (Wildman–Crippen MR) is 65.5 cm³/mol. The average Bonchev–Trinajstić information content (AvgIpc) is 2.76. The molecule has 0 radical (unpaired) electrons. The lowest BCUT2D eigenvalue weighted by Crippen LogP contribution is -2.42. The highest BCUT2D eigenvalue weighted by molar-refractivity contribution is 5.10. The van der Waals surface area contributed by atoms with Crippen molar-refractivity contribution in [3.05, 3.63) is 18.0 Å². The highest BCUT2D eigenvalue weighted by Crippen LogP contribution is 2.42. The number of aromatic nitrogens is 2. The maximum atomic E-state index is 10.5. The molecule has 1 aliphatic carbocycles. The lowest BCUT2D eigenvalue weighted by atomic mass is 9.75. The maximum Gasteiger partial charge on any atom is 0.127 e. The molecule has 1 aromatic heterocycles. The van der Waals surface area contributed by atoms with Crippen LogP contribution in [0, 0.1) is 5.92 Å². The fourth-order valence-electron chi connectivity index (χ4n) is 2.69. The van der Waals surface area contributed by atoms with Gasteiger partial charge in [0, 0.05) is 20.4 Å². The van der Waals surface area contributed by atoms with E-state index in [1.165, 1.54) is 0 Å². The number of ether oxygens (including phenoxy) is 1. The Kier molecular flexibility index (Phi) is 3.54. The summed E-state index contributed by atoms with van der Waals surface area (Å²) in [5, 5.41) is 14.8. The van der Waals surface area contributed by atoms with E-state index in [4.69, 9.17) is 4.74 Å². The second-order valence-electron chi connectivity index (χ2n) is 5.27. The molecular formula is C13H22N2O2. The van der Waals surface area contributed by atoms with Crippen LogP contribution in [0.4, 0.5) is 0 Å². The number of aliphatic hydroxyl groups is 1. The molecule has 2 rings (SSSR count). The van der Waals surface area contributed by atoms with Crippen LogP contribution in [-0.4, -0.2) is 27.6 Å². The minimum absolute atomic E-state index is 0.444. The van der Waals surface area contributed by atoms with Crippen LogP contribution in [0.15, 0.2) is 12.3 Å². The van der Waals surface area contributed by atoms with E-state index in [2.05, 4.69) is 12.0 Å². The van der Waals surface area contributed by atoms with Gasteiger partial charge in [-0.1, -0.05) is 6.92 Å². The van der Waals surface area contributed by atoms with Gasteiger partial charge in [0.15, 0.2) is 0 Å². The summed E-state index contributed by atoms with van der Waals surface area (Å²) < 4.78 is 7.37. The minimum Gasteiger partial charge on any atom is -0.384 e. The molecule has 0 aliphatic heterocycles. The normalized spacial score (nSPS) is 31.4. The van der Waals surface area contributed by atoms with Crippen LogP contribution in [-0.2, 0) is 11.8 Å². The molecule has 1 fully saturated rings. The van der Waals surface area contributed by atoms with E-state index in [1.807, 2.05) is 19.3 Å². The molecule has 0 saturated heterocycles. The first-order valence-corrected chi connectivity index (χ1v) is 6.30. The molecule has 1 saturated carbocycles. The summed E-state index contributed by atoms with van der Waals surface area (Å²) in [6.45, 7) is 2.26. The Labute approximate surface area is 103 Å². The van der Waals surface area contributed by atoms with Crippen molar-refractivity contribution in [3.63, 3.8) is 0 Å². The van der Waals surface area contributed by atoms with E-state index in [-0.39, 0.29) is 0 Å². The average molecular weight is 238 g/mol. The van der Waals surface area contributed by atoms with Gasteiger partial charge in [0.1, 0.15) is 6.10 Å². The Hall–Kier alpha value is -0.870. The van der Waals surface area contributed by atoms with E-state index in [0.717, 1.165) is 31.6 Å². The topological polar surface area (TPSA) is 47.3 Å². The molecule has 0 spiro atoms. The van der Waals surface area contributed by atoms with Crippen molar-refractivity contribution in [1.29, 1.82) is 0 Å². The SMILES string of the molecule is COC1(C(O)c2ccn(C)n2)CCC(C)CC1. The lowest BCUT2D eigenvalue weighted by Gasteiger charge is -2.41. The molecule has 1 N–H and O–H groups in total. The monoisotopic (exact) mass is 238 g/mol. The Morgan fingerprint density at radius 2 is 2.18 bits per heavy atom. The van der Waals surface area contributed by atoms with E-state index in [1.54, 1.807) is 11.8 Å². The molecule has 17 heavy (non-hydrogen) atoms. The first kappa shape index (κ1) is 12.6. The Morgan fingerprint density at radius 3 is 2.65 bits per heavy atom. The van der Waals surface area contributed by atoms with Crippen molar-refractivity contribution < 1.29 is 9.84 Å². The Balaban J connectivity index is 2.17. The van der Waals surface area contributed by atoms with E-state index in [0.29, 0.717) is 5.69 Å². The number of nitrogens with zero attached hydrogens (tertiary/aromatic N) is 2. The van der Waals surface area contributed by atoms with Crippen LogP contribution in [0.3, 0.4) is 0 Å². The van der Waals surface area contributed by atoms with Gasteiger partial charge in [-0.2, -0.15) is 5.10 Å². The van der Waals surface area contributed by atoms with Crippen LogP contribution < -0.4 is 0 Å². The zero-order valence-electron chi connectivity index (χ0n) is 10.9. The summed E-state index contributed by atoms with van der Waals surface area (Å²) in [5.74, 6) is 0.731. The highest BCUT2D eigenvalue weighted by atomic mass is 16.5. The largest absolute Gasteiger partial charge is 0.384 e. The van der Waals surface area contributed by atoms with Gasteiger partial charge < -0.3 is 9.84 Å². The molecule has 0 aromatic carbocycles. The number of hydrogen-bond donors (Lipinski definition) is 1. The number of methoxy groups -OCH3 is 1. The molecule has 0 bridgehead atoms. The van der Waals surface area contributed by atoms with Gasteiger partial charge in [-0.15, -0.1) is 0 Å². The highest BCUT2D eigenvalue weighted by Gasteiger charge is 2.42. The minimum atomic E-state index is -0.624. The van der Waals surface area contributed by atoms with Crippen LogP contribution >= 0.6 is 0 Å². The fourth-order valence-corrected chi connectivity index (χ4v) is 2.69. The number of aliphatic hydroxyl groups excluding tert-OH is 1. The van der Waals surface area contributed by atoms with Gasteiger partial charge in [-0.3, -0.25) is 4.68 Å². The smallest absolute Gasteiger partial charge is 0.127 e. The molecule has 0 amide bonds. The molecule has 1 aromatic rings. The van der Waals surface area contributed by atoms with Crippen molar-refractivity contribution in [2.45, 2.75) is 44.3 Å². The zero-order valence-corrected chi connectivity index (χ0v) is 10.9. The molecule has 4 heteroatoms. The second-order valence-corrected chi connectivity index (χ2v) is 5.27.